The van der Waals surface area contributed by atoms with Gasteiger partial charge in [0.15, 0.2) is 5.11 Å². The van der Waals surface area contributed by atoms with Crippen molar-refractivity contribution in [3.8, 4) is 5.75 Å². The van der Waals surface area contributed by atoms with Crippen molar-refractivity contribution in [2.45, 2.75) is 38.4 Å². The Balaban J connectivity index is 1.73. The number of hydrogen-bond donors (Lipinski definition) is 1. The molecule has 33 heavy (non-hydrogen) atoms. The Bertz CT molecular complexity index is 1110. The first kappa shape index (κ1) is 23.5. The van der Waals surface area contributed by atoms with Crippen molar-refractivity contribution in [2.24, 2.45) is 0 Å². The van der Waals surface area contributed by atoms with Gasteiger partial charge in [-0.2, -0.15) is 0 Å². The molecule has 8 heteroatoms. The summed E-state index contributed by atoms with van der Waals surface area (Å²) in [6.45, 7) is 7.49. The van der Waals surface area contributed by atoms with E-state index in [2.05, 4.69) is 59.0 Å². The number of ether oxygens (including phenoxy) is 2. The molecular formula is C25H29ClN4O2S. The maximum atomic E-state index is 6.57. The van der Waals surface area contributed by atoms with Crippen LogP contribution in [0.15, 0.2) is 61.1 Å². The fourth-order valence-corrected chi connectivity index (χ4v) is 4.54. The van der Waals surface area contributed by atoms with Crippen LogP contribution >= 0.6 is 23.8 Å². The molecule has 0 amide bonds. The summed E-state index contributed by atoms with van der Waals surface area (Å²) < 4.78 is 13.0. The lowest BCUT2D eigenvalue weighted by molar-refractivity contribution is 0.146. The first-order valence-corrected chi connectivity index (χ1v) is 11.7. The minimum absolute atomic E-state index is 0.0272. The zero-order valence-corrected chi connectivity index (χ0v) is 20.9. The molecule has 4 rings (SSSR count). The Morgan fingerprint density at radius 2 is 1.97 bits per heavy atom. The van der Waals surface area contributed by atoms with Crippen LogP contribution in [0.25, 0.3) is 0 Å². The number of anilines is 1. The fraction of sp³-hybridized carbons (Fsp3) is 0.360. The molecule has 3 heterocycles. The summed E-state index contributed by atoms with van der Waals surface area (Å²) in [6.07, 6.45) is 6.11. The highest BCUT2D eigenvalue weighted by Crippen LogP contribution is 2.43. The van der Waals surface area contributed by atoms with E-state index in [0.29, 0.717) is 29.1 Å². The van der Waals surface area contributed by atoms with E-state index in [1.807, 2.05) is 42.6 Å². The monoisotopic (exact) mass is 484 g/mol. The number of nitrogens with one attached hydrogen (secondary N) is 1. The number of rotatable bonds is 7. The zero-order chi connectivity index (χ0) is 23.6. The lowest BCUT2D eigenvalue weighted by Gasteiger charge is -2.28. The predicted molar refractivity (Wildman–Crippen MR) is 136 cm³/mol. The van der Waals surface area contributed by atoms with Gasteiger partial charge in [0, 0.05) is 36.9 Å². The van der Waals surface area contributed by atoms with Crippen molar-refractivity contribution < 1.29 is 9.47 Å². The molecule has 0 spiro atoms. The van der Waals surface area contributed by atoms with E-state index < -0.39 is 0 Å². The number of nitrogens with zero attached hydrogens (tertiary/aromatic N) is 3. The predicted octanol–water partition coefficient (Wildman–Crippen LogP) is 5.49. The van der Waals surface area contributed by atoms with E-state index >= 15 is 0 Å². The summed E-state index contributed by atoms with van der Waals surface area (Å²) in [7, 11) is 1.64. The van der Waals surface area contributed by atoms with Crippen LogP contribution in [0.1, 0.15) is 44.1 Å². The third-order valence-electron chi connectivity index (χ3n) is 5.67. The first-order valence-electron chi connectivity index (χ1n) is 10.9. The molecule has 0 bridgehead atoms. The van der Waals surface area contributed by atoms with Crippen LogP contribution in [-0.4, -0.2) is 35.0 Å². The Labute approximate surface area is 205 Å². The smallest absolute Gasteiger partial charge is 0.174 e. The van der Waals surface area contributed by atoms with Gasteiger partial charge in [0.05, 0.1) is 29.4 Å². The van der Waals surface area contributed by atoms with Gasteiger partial charge in [-0.3, -0.25) is 4.98 Å². The molecule has 2 aromatic heterocycles. The average Bonchev–Trinajstić information content (AvgIpc) is 3.40. The standard InChI is InChI=1S/C25H29ClN4O2S/c1-25(2,3)29-12-10-17(16-29)23-22(20-7-5-6-11-27-20)28-24(33)30(23)18-8-9-21(19(26)15-18)32-14-13-31-4/h5-12,15-16,22-23H,13-14H2,1-4H3,(H,28,33)/t22-,23-/m0/s1. The van der Waals surface area contributed by atoms with Gasteiger partial charge in [0.25, 0.3) is 0 Å². The van der Waals surface area contributed by atoms with Crippen LogP contribution in [0.3, 0.4) is 0 Å². The molecule has 3 aromatic rings. The minimum Gasteiger partial charge on any atom is -0.490 e. The van der Waals surface area contributed by atoms with E-state index in [1.54, 1.807) is 7.11 Å². The highest BCUT2D eigenvalue weighted by molar-refractivity contribution is 7.80. The molecule has 0 radical (unpaired) electrons. The molecule has 1 aliphatic rings. The Kier molecular flexibility index (Phi) is 6.93. The maximum absolute atomic E-state index is 6.57. The number of benzene rings is 1. The van der Waals surface area contributed by atoms with E-state index in [-0.39, 0.29) is 17.6 Å². The van der Waals surface area contributed by atoms with Crippen LogP contribution in [0.2, 0.25) is 5.02 Å². The molecule has 2 atom stereocenters. The van der Waals surface area contributed by atoms with Gasteiger partial charge in [-0.25, -0.2) is 0 Å². The van der Waals surface area contributed by atoms with Gasteiger partial charge < -0.3 is 24.3 Å². The highest BCUT2D eigenvalue weighted by Gasteiger charge is 2.41. The average molecular weight is 485 g/mol. The SMILES string of the molecule is COCCOc1ccc(N2C(=S)N[C@@H](c3ccccn3)[C@@H]2c2ccn(C(C)(C)C)c2)cc1Cl. The molecule has 1 fully saturated rings. The highest BCUT2D eigenvalue weighted by atomic mass is 35.5. The van der Waals surface area contributed by atoms with Gasteiger partial charge >= 0.3 is 0 Å². The molecule has 0 unspecified atom stereocenters. The number of halogens is 1. The normalized spacial score (nSPS) is 18.5. The Morgan fingerprint density at radius 1 is 1.15 bits per heavy atom. The van der Waals surface area contributed by atoms with E-state index in [9.17, 15) is 0 Å². The fourth-order valence-electron chi connectivity index (χ4n) is 3.97. The lowest BCUT2D eigenvalue weighted by atomic mass is 9.98. The van der Waals surface area contributed by atoms with Crippen molar-refractivity contribution in [1.82, 2.24) is 14.9 Å². The molecular weight excluding hydrogens is 456 g/mol. The number of methoxy groups -OCH3 is 1. The van der Waals surface area contributed by atoms with Gasteiger partial charge in [0.1, 0.15) is 12.4 Å². The van der Waals surface area contributed by atoms with Gasteiger partial charge in [-0.05, 0) is 75.0 Å². The van der Waals surface area contributed by atoms with Crippen LogP contribution in [0.4, 0.5) is 5.69 Å². The molecule has 6 nitrogen and oxygen atoms in total. The maximum Gasteiger partial charge on any atom is 0.174 e. The first-order chi connectivity index (χ1) is 15.8. The van der Waals surface area contributed by atoms with Gasteiger partial charge in [-0.15, -0.1) is 0 Å². The topological polar surface area (TPSA) is 51.6 Å². The largest absolute Gasteiger partial charge is 0.490 e. The van der Waals surface area contributed by atoms with E-state index in [1.165, 1.54) is 0 Å². The van der Waals surface area contributed by atoms with Crippen molar-refractivity contribution in [2.75, 3.05) is 25.2 Å². The third kappa shape index (κ3) is 5.00. The molecule has 1 saturated heterocycles. The van der Waals surface area contributed by atoms with Crippen molar-refractivity contribution >= 4 is 34.6 Å². The molecule has 1 aromatic carbocycles. The second kappa shape index (κ2) is 9.71. The Morgan fingerprint density at radius 3 is 2.61 bits per heavy atom. The number of hydrogen-bond acceptors (Lipinski definition) is 4. The van der Waals surface area contributed by atoms with Crippen molar-refractivity contribution in [3.05, 3.63) is 77.3 Å². The van der Waals surface area contributed by atoms with E-state index in [0.717, 1.165) is 16.9 Å². The molecule has 0 aliphatic carbocycles. The van der Waals surface area contributed by atoms with Gasteiger partial charge in [-0.1, -0.05) is 17.7 Å². The van der Waals surface area contributed by atoms with Gasteiger partial charge in [0.2, 0.25) is 0 Å². The molecule has 1 aliphatic heterocycles. The minimum atomic E-state index is -0.106. The van der Waals surface area contributed by atoms with E-state index in [4.69, 9.17) is 33.3 Å². The second-order valence-corrected chi connectivity index (χ2v) is 9.77. The number of pyridine rings is 1. The Hall–Kier alpha value is -2.61. The quantitative estimate of drug-likeness (QED) is 0.353. The van der Waals surface area contributed by atoms with Crippen LogP contribution in [0, 0.1) is 0 Å². The van der Waals surface area contributed by atoms with Crippen LogP contribution in [-0.2, 0) is 10.3 Å². The summed E-state index contributed by atoms with van der Waals surface area (Å²) in [5.41, 5.74) is 2.94. The summed E-state index contributed by atoms with van der Waals surface area (Å²) in [5.74, 6) is 0.618. The van der Waals surface area contributed by atoms with Crippen LogP contribution in [0.5, 0.6) is 5.75 Å². The molecule has 0 saturated carbocycles. The summed E-state index contributed by atoms with van der Waals surface area (Å²) in [5, 5.41) is 4.64. The lowest BCUT2D eigenvalue weighted by Crippen LogP contribution is -2.29. The van der Waals surface area contributed by atoms with Crippen molar-refractivity contribution in [3.63, 3.8) is 0 Å². The summed E-state index contributed by atoms with van der Waals surface area (Å²) in [4.78, 5) is 6.73. The second-order valence-electron chi connectivity index (χ2n) is 8.98. The van der Waals surface area contributed by atoms with Crippen LogP contribution < -0.4 is 15.0 Å². The van der Waals surface area contributed by atoms with Crippen molar-refractivity contribution in [1.29, 1.82) is 0 Å². The number of thiocarbonyl (C=S) groups is 1. The molecule has 1 N–H and O–H groups in total. The number of aromatic nitrogens is 2. The summed E-state index contributed by atoms with van der Waals surface area (Å²) in [6, 6.07) is 13.6. The third-order valence-corrected chi connectivity index (χ3v) is 6.28. The molecule has 174 valence electrons. The zero-order valence-electron chi connectivity index (χ0n) is 19.3. The summed E-state index contributed by atoms with van der Waals surface area (Å²) >= 11 is 12.4.